The van der Waals surface area contributed by atoms with Crippen molar-refractivity contribution >= 4 is 10.0 Å². The lowest BCUT2D eigenvalue weighted by Gasteiger charge is -2.36. The largest absolute Gasteiger partial charge is 0.326 e. The van der Waals surface area contributed by atoms with Crippen LogP contribution >= 0.6 is 0 Å². The second-order valence-electron chi connectivity index (χ2n) is 4.97. The highest BCUT2D eigenvalue weighted by atomic mass is 32.2. The molecule has 1 aromatic carbocycles. The molecule has 1 aliphatic rings. The molecular weight excluding hydrogens is 267 g/mol. The first kappa shape index (κ1) is 14.4. The maximum absolute atomic E-state index is 13.7. The van der Waals surface area contributed by atoms with Crippen molar-refractivity contribution < 1.29 is 12.8 Å². The van der Waals surface area contributed by atoms with Crippen LogP contribution in [0.5, 0.6) is 0 Å². The van der Waals surface area contributed by atoms with E-state index in [0.29, 0.717) is 6.54 Å². The molecule has 2 unspecified atom stereocenters. The van der Waals surface area contributed by atoms with Crippen molar-refractivity contribution in [1.82, 2.24) is 4.31 Å². The summed E-state index contributed by atoms with van der Waals surface area (Å²) in [6.45, 7) is 2.20. The Morgan fingerprint density at radius 2 is 2.05 bits per heavy atom. The number of halogens is 1. The van der Waals surface area contributed by atoms with Gasteiger partial charge in [-0.25, -0.2) is 12.8 Å². The van der Waals surface area contributed by atoms with E-state index in [9.17, 15) is 12.8 Å². The molecule has 0 bridgehead atoms. The summed E-state index contributed by atoms with van der Waals surface area (Å²) in [5.74, 6) is -0.712. The highest BCUT2D eigenvalue weighted by Gasteiger charge is 2.36. The van der Waals surface area contributed by atoms with E-state index >= 15 is 0 Å². The Morgan fingerprint density at radius 1 is 1.37 bits per heavy atom. The summed E-state index contributed by atoms with van der Waals surface area (Å²) in [7, 11) is -3.81. The molecule has 0 aromatic heterocycles. The van der Waals surface area contributed by atoms with E-state index in [1.807, 2.05) is 0 Å². The summed E-state index contributed by atoms with van der Waals surface area (Å²) in [6.07, 6.45) is 2.47. The lowest BCUT2D eigenvalue weighted by Crippen LogP contribution is -2.51. The molecular formula is C13H19FN2O2S. The van der Waals surface area contributed by atoms with Gasteiger partial charge in [-0.2, -0.15) is 4.31 Å². The van der Waals surface area contributed by atoms with E-state index < -0.39 is 15.8 Å². The van der Waals surface area contributed by atoms with Gasteiger partial charge in [0.15, 0.2) is 0 Å². The first-order valence-corrected chi connectivity index (χ1v) is 7.90. The average molecular weight is 286 g/mol. The van der Waals surface area contributed by atoms with Crippen molar-refractivity contribution in [2.75, 3.05) is 6.54 Å². The highest BCUT2D eigenvalue weighted by molar-refractivity contribution is 7.89. The van der Waals surface area contributed by atoms with Gasteiger partial charge in [-0.15, -0.1) is 0 Å². The lowest BCUT2D eigenvalue weighted by atomic mass is 10.00. The number of benzene rings is 1. The smallest absolute Gasteiger partial charge is 0.246 e. The number of sulfonamides is 1. The topological polar surface area (TPSA) is 63.4 Å². The van der Waals surface area contributed by atoms with Gasteiger partial charge >= 0.3 is 0 Å². The predicted molar refractivity (Wildman–Crippen MR) is 71.6 cm³/mol. The fourth-order valence-electron chi connectivity index (χ4n) is 2.53. The molecule has 1 heterocycles. The van der Waals surface area contributed by atoms with Crippen molar-refractivity contribution in [1.29, 1.82) is 0 Å². The van der Waals surface area contributed by atoms with Gasteiger partial charge in [0.1, 0.15) is 10.7 Å². The number of hydrogen-bond donors (Lipinski definition) is 1. The molecule has 1 aliphatic heterocycles. The molecule has 2 rings (SSSR count). The number of rotatable bonds is 3. The molecule has 0 spiro atoms. The number of hydrogen-bond acceptors (Lipinski definition) is 3. The van der Waals surface area contributed by atoms with Gasteiger partial charge < -0.3 is 5.73 Å². The van der Waals surface area contributed by atoms with E-state index in [1.165, 1.54) is 22.5 Å². The van der Waals surface area contributed by atoms with Gasteiger partial charge in [0.25, 0.3) is 0 Å². The summed E-state index contributed by atoms with van der Waals surface area (Å²) in [6, 6.07) is 4.96. The second kappa shape index (κ2) is 5.56. The zero-order chi connectivity index (χ0) is 14.0. The fourth-order valence-corrected chi connectivity index (χ4v) is 4.38. The zero-order valence-electron chi connectivity index (χ0n) is 10.9. The SMILES string of the molecule is CC(N)C1CCCCN1S(=O)(=O)c1ccccc1F. The van der Waals surface area contributed by atoms with Crippen LogP contribution in [0.15, 0.2) is 29.2 Å². The van der Waals surface area contributed by atoms with Crippen LogP contribution in [-0.4, -0.2) is 31.4 Å². The molecule has 0 radical (unpaired) electrons. The Labute approximate surface area is 113 Å². The van der Waals surface area contributed by atoms with E-state index in [4.69, 9.17) is 5.73 Å². The number of piperidine rings is 1. The van der Waals surface area contributed by atoms with Crippen LogP contribution in [0.2, 0.25) is 0 Å². The zero-order valence-corrected chi connectivity index (χ0v) is 11.7. The van der Waals surface area contributed by atoms with Crippen LogP contribution in [-0.2, 0) is 10.0 Å². The third-order valence-corrected chi connectivity index (χ3v) is 5.49. The molecule has 1 aromatic rings. The Balaban J connectivity index is 2.40. The summed E-state index contributed by atoms with van der Waals surface area (Å²) in [5.41, 5.74) is 5.87. The van der Waals surface area contributed by atoms with Crippen LogP contribution in [0.1, 0.15) is 26.2 Å². The summed E-state index contributed by atoms with van der Waals surface area (Å²) in [5, 5.41) is 0. The van der Waals surface area contributed by atoms with Crippen molar-refractivity contribution in [2.24, 2.45) is 5.73 Å². The van der Waals surface area contributed by atoms with E-state index in [1.54, 1.807) is 6.92 Å². The Bertz CT molecular complexity index is 545. The summed E-state index contributed by atoms with van der Waals surface area (Å²) < 4.78 is 40.2. The molecule has 2 atom stereocenters. The normalized spacial score (nSPS) is 23.2. The molecule has 106 valence electrons. The van der Waals surface area contributed by atoms with Gasteiger partial charge in [0.2, 0.25) is 10.0 Å². The average Bonchev–Trinajstić information content (AvgIpc) is 2.39. The van der Waals surface area contributed by atoms with Crippen molar-refractivity contribution in [3.8, 4) is 0 Å². The molecule has 0 aliphatic carbocycles. The maximum Gasteiger partial charge on any atom is 0.246 e. The van der Waals surface area contributed by atoms with Crippen LogP contribution in [0.4, 0.5) is 4.39 Å². The minimum Gasteiger partial charge on any atom is -0.326 e. The highest BCUT2D eigenvalue weighted by Crippen LogP contribution is 2.27. The lowest BCUT2D eigenvalue weighted by molar-refractivity contribution is 0.226. The molecule has 1 saturated heterocycles. The van der Waals surface area contributed by atoms with Crippen LogP contribution < -0.4 is 5.73 Å². The minimum absolute atomic E-state index is 0.252. The third-order valence-electron chi connectivity index (χ3n) is 3.53. The van der Waals surface area contributed by atoms with Crippen LogP contribution in [0.3, 0.4) is 0 Å². The van der Waals surface area contributed by atoms with Gasteiger partial charge in [0.05, 0.1) is 0 Å². The first-order valence-electron chi connectivity index (χ1n) is 6.46. The van der Waals surface area contributed by atoms with Gasteiger partial charge in [-0.1, -0.05) is 18.6 Å². The second-order valence-corrected chi connectivity index (χ2v) is 6.83. The Morgan fingerprint density at radius 3 is 2.68 bits per heavy atom. The number of nitrogens with zero attached hydrogens (tertiary/aromatic N) is 1. The molecule has 1 fully saturated rings. The van der Waals surface area contributed by atoms with E-state index in [0.717, 1.165) is 25.3 Å². The monoisotopic (exact) mass is 286 g/mol. The molecule has 0 saturated carbocycles. The Kier molecular flexibility index (Phi) is 4.23. The third kappa shape index (κ3) is 2.80. The molecule has 6 heteroatoms. The van der Waals surface area contributed by atoms with Crippen molar-refractivity contribution in [2.45, 2.75) is 43.2 Å². The summed E-state index contributed by atoms with van der Waals surface area (Å²) in [4.78, 5) is -0.262. The molecule has 4 nitrogen and oxygen atoms in total. The van der Waals surface area contributed by atoms with Crippen LogP contribution in [0, 0.1) is 5.82 Å². The van der Waals surface area contributed by atoms with Gasteiger partial charge in [-0.3, -0.25) is 0 Å². The van der Waals surface area contributed by atoms with Gasteiger partial charge in [0, 0.05) is 18.6 Å². The Hall–Kier alpha value is -0.980. The van der Waals surface area contributed by atoms with E-state index in [-0.39, 0.29) is 17.0 Å². The maximum atomic E-state index is 13.7. The minimum atomic E-state index is -3.81. The fraction of sp³-hybridized carbons (Fsp3) is 0.538. The standard InChI is InChI=1S/C13H19FN2O2S/c1-10(15)12-7-4-5-9-16(12)19(17,18)13-8-3-2-6-11(13)14/h2-3,6,8,10,12H,4-5,7,9,15H2,1H3. The molecule has 2 N–H and O–H groups in total. The molecule has 19 heavy (non-hydrogen) atoms. The summed E-state index contributed by atoms with van der Waals surface area (Å²) >= 11 is 0. The molecule has 0 amide bonds. The first-order chi connectivity index (χ1) is 8.94. The number of nitrogens with two attached hydrogens (primary N) is 1. The van der Waals surface area contributed by atoms with Crippen molar-refractivity contribution in [3.63, 3.8) is 0 Å². The van der Waals surface area contributed by atoms with Gasteiger partial charge in [-0.05, 0) is 31.9 Å². The quantitative estimate of drug-likeness (QED) is 0.920. The van der Waals surface area contributed by atoms with Crippen molar-refractivity contribution in [3.05, 3.63) is 30.1 Å². The van der Waals surface area contributed by atoms with E-state index in [2.05, 4.69) is 0 Å². The predicted octanol–water partition coefficient (Wildman–Crippen LogP) is 1.72. The van der Waals surface area contributed by atoms with Crippen LogP contribution in [0.25, 0.3) is 0 Å².